The van der Waals surface area contributed by atoms with E-state index in [4.69, 9.17) is 4.52 Å². The van der Waals surface area contributed by atoms with Crippen LogP contribution < -0.4 is 9.61 Å². The van der Waals surface area contributed by atoms with Crippen molar-refractivity contribution in [1.29, 1.82) is 0 Å². The van der Waals surface area contributed by atoms with Crippen LogP contribution in [0.5, 0.6) is 5.75 Å². The fourth-order valence-corrected chi connectivity index (χ4v) is 4.71. The number of allylic oxidation sites excluding steroid dienone is 1. The van der Waals surface area contributed by atoms with Gasteiger partial charge in [-0.25, -0.2) is 4.57 Å². The van der Waals surface area contributed by atoms with Gasteiger partial charge >= 0.3 is 7.52 Å². The molecule has 1 atom stereocenters. The number of hydrogen-bond donors (Lipinski definition) is 1. The monoisotopic (exact) mass is 327 g/mol. The molecule has 0 spiro atoms. The quantitative estimate of drug-likeness (QED) is 0.499. The number of nitrogens with one attached hydrogen (secondary N) is 1. The second-order valence-corrected chi connectivity index (χ2v) is 7.83. The molecular weight excluding hydrogens is 305 g/mol. The van der Waals surface area contributed by atoms with E-state index in [0.29, 0.717) is 5.75 Å². The highest BCUT2D eigenvalue weighted by molar-refractivity contribution is 7.65. The minimum atomic E-state index is -3.11. The van der Waals surface area contributed by atoms with Gasteiger partial charge < -0.3 is 9.61 Å². The van der Waals surface area contributed by atoms with Crippen LogP contribution in [0, 0.1) is 0 Å². The number of para-hydroxylation sites is 2. The Morgan fingerprint density at radius 1 is 1.00 bits per heavy atom. The van der Waals surface area contributed by atoms with E-state index < -0.39 is 7.52 Å². The summed E-state index contributed by atoms with van der Waals surface area (Å²) in [5, 5.41) is 4.03. The first-order valence-electron chi connectivity index (χ1n) is 8.14. The second-order valence-electron chi connectivity index (χ2n) is 5.75. The van der Waals surface area contributed by atoms with E-state index >= 15 is 0 Å². The zero-order chi connectivity index (χ0) is 16.1. The molecule has 0 aromatic heterocycles. The molecule has 2 aromatic rings. The van der Waals surface area contributed by atoms with E-state index in [1.54, 1.807) is 0 Å². The summed E-state index contributed by atoms with van der Waals surface area (Å²) >= 11 is 0. The van der Waals surface area contributed by atoms with Crippen molar-refractivity contribution < 1.29 is 9.09 Å². The third-order valence-corrected chi connectivity index (χ3v) is 6.05. The van der Waals surface area contributed by atoms with Crippen LogP contribution in [0.4, 0.5) is 5.69 Å². The molecular formula is C19H22NO2P. The third-order valence-electron chi connectivity index (χ3n) is 3.94. The minimum absolute atomic E-state index is 0.629. The molecule has 1 unspecified atom stereocenters. The highest BCUT2D eigenvalue weighted by Gasteiger charge is 2.33. The van der Waals surface area contributed by atoms with E-state index in [-0.39, 0.29) is 0 Å². The van der Waals surface area contributed by atoms with Crippen molar-refractivity contribution in [3.63, 3.8) is 0 Å². The highest BCUT2D eigenvalue weighted by atomic mass is 31.2. The highest BCUT2D eigenvalue weighted by Crippen LogP contribution is 2.59. The molecule has 23 heavy (non-hydrogen) atoms. The largest absolute Gasteiger partial charge is 0.426 e. The topological polar surface area (TPSA) is 38.3 Å². The molecule has 4 heteroatoms. The Labute approximate surface area is 137 Å². The van der Waals surface area contributed by atoms with Crippen LogP contribution in [-0.2, 0) is 4.57 Å². The van der Waals surface area contributed by atoms with Crippen molar-refractivity contribution in [3.05, 3.63) is 65.5 Å². The Bertz CT molecular complexity index is 740. The van der Waals surface area contributed by atoms with Gasteiger partial charge in [-0.15, -0.1) is 0 Å². The fraction of sp³-hybridized carbons (Fsp3) is 0.263. The Kier molecular flexibility index (Phi) is 4.88. The van der Waals surface area contributed by atoms with E-state index in [0.717, 1.165) is 42.2 Å². The van der Waals surface area contributed by atoms with Crippen LogP contribution in [0.25, 0.3) is 6.08 Å². The maximum atomic E-state index is 13.5. The zero-order valence-corrected chi connectivity index (χ0v) is 14.3. The van der Waals surface area contributed by atoms with Crippen molar-refractivity contribution in [2.45, 2.75) is 32.6 Å². The Hall–Kier alpha value is -1.99. The minimum Gasteiger partial charge on any atom is -0.426 e. The number of rotatable bonds is 6. The number of fused-ring (bicyclic) bond motifs is 1. The normalized spacial score (nSPS) is 19.4. The second kappa shape index (κ2) is 7.06. The average molecular weight is 327 g/mol. The Morgan fingerprint density at radius 3 is 2.52 bits per heavy atom. The summed E-state index contributed by atoms with van der Waals surface area (Å²) in [4.78, 5) is 0. The molecule has 0 bridgehead atoms. The molecule has 0 saturated heterocycles. The fourth-order valence-electron chi connectivity index (χ4n) is 2.71. The molecule has 120 valence electrons. The van der Waals surface area contributed by atoms with Gasteiger partial charge in [-0.05, 0) is 42.7 Å². The molecule has 1 aliphatic rings. The maximum absolute atomic E-state index is 13.5. The van der Waals surface area contributed by atoms with E-state index in [1.807, 2.05) is 60.7 Å². The molecule has 1 heterocycles. The van der Waals surface area contributed by atoms with Crippen molar-refractivity contribution in [1.82, 2.24) is 0 Å². The predicted molar refractivity (Wildman–Crippen MR) is 96.9 cm³/mol. The van der Waals surface area contributed by atoms with Gasteiger partial charge in [-0.2, -0.15) is 0 Å². The number of hydrogen-bond acceptors (Lipinski definition) is 2. The lowest BCUT2D eigenvalue weighted by atomic mass is 10.1. The Morgan fingerprint density at radius 2 is 1.74 bits per heavy atom. The molecule has 0 fully saturated rings. The van der Waals surface area contributed by atoms with Crippen LogP contribution in [0.3, 0.4) is 0 Å². The van der Waals surface area contributed by atoms with Crippen molar-refractivity contribution in [3.8, 4) is 5.75 Å². The van der Waals surface area contributed by atoms with E-state index in [9.17, 15) is 4.57 Å². The number of benzene rings is 2. The summed E-state index contributed by atoms with van der Waals surface area (Å²) in [5.41, 5.74) is 1.94. The van der Waals surface area contributed by atoms with Gasteiger partial charge in [0.1, 0.15) is 5.75 Å². The molecule has 0 aliphatic carbocycles. The summed E-state index contributed by atoms with van der Waals surface area (Å²) < 4.78 is 19.4. The molecule has 1 aliphatic heterocycles. The summed E-state index contributed by atoms with van der Waals surface area (Å²) in [7, 11) is -3.11. The number of anilines is 1. The standard InChI is InChI=1S/C19H22NO2P/c1-2-3-5-13-18-15-16-10-8-9-14-19(16)20-23(18,21)22-17-11-6-4-7-12-17/h4,6-12,14-15H,2-3,5,13H2,1H3,(H,20,21). The lowest BCUT2D eigenvalue weighted by Crippen LogP contribution is -2.11. The first-order valence-corrected chi connectivity index (χ1v) is 9.77. The lowest BCUT2D eigenvalue weighted by Gasteiger charge is -2.28. The van der Waals surface area contributed by atoms with Gasteiger partial charge in [-0.1, -0.05) is 56.2 Å². The SMILES string of the molecule is CCCCCC1=Cc2ccccc2NP1(=O)Oc1ccccc1. The van der Waals surface area contributed by atoms with Gasteiger partial charge in [0, 0.05) is 11.0 Å². The van der Waals surface area contributed by atoms with Crippen molar-refractivity contribution in [2.24, 2.45) is 0 Å². The molecule has 0 amide bonds. The number of unbranched alkanes of at least 4 members (excludes halogenated alkanes) is 2. The molecule has 1 N–H and O–H groups in total. The van der Waals surface area contributed by atoms with Gasteiger partial charge in [0.25, 0.3) is 0 Å². The summed E-state index contributed by atoms with van der Waals surface area (Å²) in [6.45, 7) is 2.17. The van der Waals surface area contributed by atoms with Crippen molar-refractivity contribution in [2.75, 3.05) is 5.09 Å². The Balaban J connectivity index is 1.91. The molecule has 0 saturated carbocycles. The zero-order valence-electron chi connectivity index (χ0n) is 13.4. The van der Waals surface area contributed by atoms with Gasteiger partial charge in [0.05, 0.1) is 0 Å². The van der Waals surface area contributed by atoms with E-state index in [2.05, 4.69) is 12.0 Å². The summed E-state index contributed by atoms with van der Waals surface area (Å²) in [6.07, 6.45) is 6.12. The van der Waals surface area contributed by atoms with Crippen molar-refractivity contribution >= 4 is 19.3 Å². The maximum Gasteiger partial charge on any atom is 0.367 e. The molecule has 3 nitrogen and oxygen atoms in total. The first kappa shape index (κ1) is 15.9. The predicted octanol–water partition coefficient (Wildman–Crippen LogP) is 6.31. The molecule has 3 rings (SSSR count). The van der Waals surface area contributed by atoms with Crippen LogP contribution in [0.1, 0.15) is 38.2 Å². The van der Waals surface area contributed by atoms with Crippen LogP contribution in [-0.4, -0.2) is 0 Å². The third kappa shape index (κ3) is 3.68. The van der Waals surface area contributed by atoms with Gasteiger partial charge in [0.15, 0.2) is 0 Å². The van der Waals surface area contributed by atoms with E-state index in [1.165, 1.54) is 0 Å². The van der Waals surface area contributed by atoms with Gasteiger partial charge in [0.2, 0.25) is 0 Å². The van der Waals surface area contributed by atoms with Gasteiger partial charge in [-0.3, -0.25) is 0 Å². The first-order chi connectivity index (χ1) is 11.2. The molecule has 2 aromatic carbocycles. The van der Waals surface area contributed by atoms with Crippen LogP contribution in [0.2, 0.25) is 0 Å². The summed E-state index contributed by atoms with van der Waals surface area (Å²) in [5.74, 6) is 0.629. The molecule has 0 radical (unpaired) electrons. The van der Waals surface area contributed by atoms with Crippen LogP contribution >= 0.6 is 7.52 Å². The summed E-state index contributed by atoms with van der Waals surface area (Å²) in [6, 6.07) is 17.3. The average Bonchev–Trinajstić information content (AvgIpc) is 2.56. The lowest BCUT2D eigenvalue weighted by molar-refractivity contribution is 0.491. The van der Waals surface area contributed by atoms with Crippen LogP contribution in [0.15, 0.2) is 59.9 Å². The smallest absolute Gasteiger partial charge is 0.367 e.